The number of morpholine rings is 1. The summed E-state index contributed by atoms with van der Waals surface area (Å²) in [7, 11) is 0. The van der Waals surface area contributed by atoms with E-state index in [1.165, 1.54) is 0 Å². The Bertz CT molecular complexity index is 392. The van der Waals surface area contributed by atoms with E-state index in [0.717, 1.165) is 17.6 Å². The monoisotopic (exact) mass is 298 g/mol. The molecule has 0 saturated carbocycles. The molecule has 4 nitrogen and oxygen atoms in total. The molecular weight excluding hydrogens is 284 g/mol. The Morgan fingerprint density at radius 3 is 3.18 bits per heavy atom. The molecule has 5 heteroatoms. The van der Waals surface area contributed by atoms with Crippen LogP contribution in [0.2, 0.25) is 0 Å². The summed E-state index contributed by atoms with van der Waals surface area (Å²) in [4.78, 5) is 11.8. The first kappa shape index (κ1) is 12.5. The number of carbonyl (C=O) groups excluding carboxylic acids is 1. The highest BCUT2D eigenvalue weighted by Crippen LogP contribution is 2.11. The largest absolute Gasteiger partial charge is 0.374 e. The molecule has 1 aliphatic heterocycles. The number of amides is 1. The summed E-state index contributed by atoms with van der Waals surface area (Å²) in [5, 5.41) is 6.09. The zero-order chi connectivity index (χ0) is 12.1. The molecular formula is C12H15BrN2O2. The summed E-state index contributed by atoms with van der Waals surface area (Å²) in [6.07, 6.45) is 0.0693. The van der Waals surface area contributed by atoms with E-state index in [1.807, 2.05) is 12.1 Å². The molecule has 0 aromatic heterocycles. The predicted octanol–water partition coefficient (Wildman–Crippen LogP) is 1.17. The zero-order valence-electron chi connectivity index (χ0n) is 9.41. The molecule has 1 aromatic carbocycles. The van der Waals surface area contributed by atoms with Crippen LogP contribution >= 0.6 is 15.9 Å². The Hall–Kier alpha value is -0.910. The second-order valence-electron chi connectivity index (χ2n) is 3.92. The lowest BCUT2D eigenvalue weighted by molar-refractivity contribution is 0.0287. The van der Waals surface area contributed by atoms with E-state index in [2.05, 4.69) is 26.6 Å². The number of hydrogen-bond acceptors (Lipinski definition) is 3. The maximum Gasteiger partial charge on any atom is 0.251 e. The van der Waals surface area contributed by atoms with E-state index in [1.54, 1.807) is 12.1 Å². The first-order valence-corrected chi connectivity index (χ1v) is 6.41. The van der Waals surface area contributed by atoms with Crippen LogP contribution in [-0.4, -0.2) is 38.3 Å². The third-order valence-corrected chi connectivity index (χ3v) is 3.07. The average molecular weight is 299 g/mol. The first-order valence-electron chi connectivity index (χ1n) is 5.62. The molecule has 1 aromatic rings. The van der Waals surface area contributed by atoms with Crippen molar-refractivity contribution in [2.24, 2.45) is 0 Å². The lowest BCUT2D eigenvalue weighted by atomic mass is 10.2. The third kappa shape index (κ3) is 3.80. The van der Waals surface area contributed by atoms with Crippen molar-refractivity contribution >= 4 is 21.8 Å². The number of ether oxygens (including phenoxy) is 1. The minimum absolute atomic E-state index is 0.0690. The van der Waals surface area contributed by atoms with Gasteiger partial charge in [-0.1, -0.05) is 22.0 Å². The van der Waals surface area contributed by atoms with Crippen molar-refractivity contribution in [2.75, 3.05) is 26.2 Å². The van der Waals surface area contributed by atoms with Gasteiger partial charge in [0.1, 0.15) is 0 Å². The van der Waals surface area contributed by atoms with E-state index in [-0.39, 0.29) is 12.0 Å². The lowest BCUT2D eigenvalue weighted by Crippen LogP contribution is -2.45. The van der Waals surface area contributed by atoms with Crippen molar-refractivity contribution in [3.8, 4) is 0 Å². The number of halogens is 1. The summed E-state index contributed by atoms with van der Waals surface area (Å²) >= 11 is 3.34. The van der Waals surface area contributed by atoms with Crippen LogP contribution in [0.5, 0.6) is 0 Å². The van der Waals surface area contributed by atoms with Gasteiger partial charge in [0, 0.05) is 29.7 Å². The topological polar surface area (TPSA) is 50.4 Å². The molecule has 17 heavy (non-hydrogen) atoms. The van der Waals surface area contributed by atoms with Gasteiger partial charge in [0.2, 0.25) is 0 Å². The van der Waals surface area contributed by atoms with Gasteiger partial charge < -0.3 is 15.4 Å². The van der Waals surface area contributed by atoms with Crippen LogP contribution < -0.4 is 10.6 Å². The molecule has 0 bridgehead atoms. The highest BCUT2D eigenvalue weighted by Gasteiger charge is 2.14. The van der Waals surface area contributed by atoms with Gasteiger partial charge in [-0.2, -0.15) is 0 Å². The Morgan fingerprint density at radius 1 is 1.59 bits per heavy atom. The van der Waals surface area contributed by atoms with Crippen LogP contribution in [-0.2, 0) is 4.74 Å². The van der Waals surface area contributed by atoms with Crippen molar-refractivity contribution in [2.45, 2.75) is 6.10 Å². The van der Waals surface area contributed by atoms with Crippen molar-refractivity contribution in [1.82, 2.24) is 10.6 Å². The van der Waals surface area contributed by atoms with Crippen LogP contribution in [0.25, 0.3) is 0 Å². The van der Waals surface area contributed by atoms with E-state index >= 15 is 0 Å². The van der Waals surface area contributed by atoms with Crippen LogP contribution in [0.3, 0.4) is 0 Å². The molecule has 1 aliphatic rings. The van der Waals surface area contributed by atoms with Crippen LogP contribution in [0, 0.1) is 0 Å². The Labute approximate surface area is 109 Å². The smallest absolute Gasteiger partial charge is 0.251 e. The molecule has 0 aliphatic carbocycles. The normalized spacial score (nSPS) is 19.9. The van der Waals surface area contributed by atoms with E-state index in [9.17, 15) is 4.79 Å². The fourth-order valence-corrected chi connectivity index (χ4v) is 2.09. The molecule has 92 valence electrons. The van der Waals surface area contributed by atoms with Gasteiger partial charge in [-0.15, -0.1) is 0 Å². The molecule has 2 N–H and O–H groups in total. The van der Waals surface area contributed by atoms with E-state index in [4.69, 9.17) is 4.74 Å². The summed E-state index contributed by atoms with van der Waals surface area (Å²) in [5.74, 6) is -0.0690. The standard InChI is InChI=1S/C12H15BrN2O2/c13-10-3-1-2-9(6-10)12(16)15-8-11-7-14-4-5-17-11/h1-3,6,11,14H,4-5,7-8H2,(H,15,16). The van der Waals surface area contributed by atoms with E-state index < -0.39 is 0 Å². The van der Waals surface area contributed by atoms with Crippen molar-refractivity contribution in [3.05, 3.63) is 34.3 Å². The predicted molar refractivity (Wildman–Crippen MR) is 69.1 cm³/mol. The van der Waals surface area contributed by atoms with Crippen molar-refractivity contribution in [1.29, 1.82) is 0 Å². The molecule has 0 radical (unpaired) electrons. The highest BCUT2D eigenvalue weighted by atomic mass is 79.9. The zero-order valence-corrected chi connectivity index (χ0v) is 11.0. The fourth-order valence-electron chi connectivity index (χ4n) is 1.69. The molecule has 2 rings (SSSR count). The van der Waals surface area contributed by atoms with Gasteiger partial charge in [0.05, 0.1) is 12.7 Å². The van der Waals surface area contributed by atoms with Gasteiger partial charge in [-0.3, -0.25) is 4.79 Å². The second kappa shape index (κ2) is 6.14. The van der Waals surface area contributed by atoms with Crippen molar-refractivity contribution in [3.63, 3.8) is 0 Å². The minimum atomic E-state index is -0.0690. The van der Waals surface area contributed by atoms with Crippen molar-refractivity contribution < 1.29 is 9.53 Å². The Morgan fingerprint density at radius 2 is 2.47 bits per heavy atom. The van der Waals surface area contributed by atoms with Gasteiger partial charge in [-0.25, -0.2) is 0 Å². The van der Waals surface area contributed by atoms with Gasteiger partial charge in [0.25, 0.3) is 5.91 Å². The van der Waals surface area contributed by atoms with E-state index in [0.29, 0.717) is 18.7 Å². The first-order chi connectivity index (χ1) is 8.25. The number of rotatable bonds is 3. The number of hydrogen-bond donors (Lipinski definition) is 2. The fraction of sp³-hybridized carbons (Fsp3) is 0.417. The maximum absolute atomic E-state index is 11.8. The van der Waals surface area contributed by atoms with Crippen LogP contribution in [0.4, 0.5) is 0 Å². The maximum atomic E-state index is 11.8. The molecule has 0 spiro atoms. The third-order valence-electron chi connectivity index (χ3n) is 2.58. The molecule has 1 atom stereocenters. The Balaban J connectivity index is 1.84. The molecule has 1 unspecified atom stereocenters. The minimum Gasteiger partial charge on any atom is -0.374 e. The lowest BCUT2D eigenvalue weighted by Gasteiger charge is -2.23. The van der Waals surface area contributed by atoms with Crippen LogP contribution in [0.1, 0.15) is 10.4 Å². The summed E-state index contributed by atoms with van der Waals surface area (Å²) in [6, 6.07) is 7.33. The summed E-state index contributed by atoms with van der Waals surface area (Å²) in [6.45, 7) is 2.92. The number of nitrogens with one attached hydrogen (secondary N) is 2. The van der Waals surface area contributed by atoms with Gasteiger partial charge in [-0.05, 0) is 18.2 Å². The quantitative estimate of drug-likeness (QED) is 0.881. The Kier molecular flexibility index (Phi) is 4.53. The second-order valence-corrected chi connectivity index (χ2v) is 4.83. The van der Waals surface area contributed by atoms with Crippen LogP contribution in [0.15, 0.2) is 28.7 Å². The molecule has 1 saturated heterocycles. The summed E-state index contributed by atoms with van der Waals surface area (Å²) in [5.41, 5.74) is 0.656. The van der Waals surface area contributed by atoms with Gasteiger partial charge in [0.15, 0.2) is 0 Å². The number of carbonyl (C=O) groups is 1. The molecule has 1 amide bonds. The van der Waals surface area contributed by atoms with Gasteiger partial charge >= 0.3 is 0 Å². The SMILES string of the molecule is O=C(NCC1CNCCO1)c1cccc(Br)c1. The average Bonchev–Trinajstić information content (AvgIpc) is 2.37. The molecule has 1 fully saturated rings. The molecule has 1 heterocycles. The highest BCUT2D eigenvalue weighted by molar-refractivity contribution is 9.10. The summed E-state index contributed by atoms with van der Waals surface area (Å²) < 4.78 is 6.40. The number of benzene rings is 1.